The van der Waals surface area contributed by atoms with Gasteiger partial charge < -0.3 is 20.5 Å². The second-order valence-corrected chi connectivity index (χ2v) is 5.29. The molecule has 0 radical (unpaired) electrons. The summed E-state index contributed by atoms with van der Waals surface area (Å²) in [4.78, 5) is 23.0. The predicted molar refractivity (Wildman–Crippen MR) is 74.0 cm³/mol. The largest absolute Gasteiger partial charge is 0.478 e. The molecule has 3 N–H and O–H groups in total. The summed E-state index contributed by atoms with van der Waals surface area (Å²) in [5.74, 6) is -1.98. The van der Waals surface area contributed by atoms with Gasteiger partial charge in [-0.25, -0.2) is 14.0 Å². The van der Waals surface area contributed by atoms with Gasteiger partial charge in [-0.1, -0.05) is 0 Å². The van der Waals surface area contributed by atoms with Gasteiger partial charge in [0, 0.05) is 6.61 Å². The number of carboxylic acids is 1. The van der Waals surface area contributed by atoms with Crippen molar-refractivity contribution in [3.05, 3.63) is 29.6 Å². The molecule has 6 nitrogen and oxygen atoms in total. The van der Waals surface area contributed by atoms with E-state index in [9.17, 15) is 14.0 Å². The molecule has 1 aromatic rings. The Morgan fingerprint density at radius 1 is 1.43 bits per heavy atom. The Balaban J connectivity index is 2.07. The van der Waals surface area contributed by atoms with E-state index in [1.54, 1.807) is 0 Å². The normalized spacial score (nSPS) is 21.6. The van der Waals surface area contributed by atoms with Crippen molar-refractivity contribution in [3.8, 4) is 0 Å². The highest BCUT2D eigenvalue weighted by atomic mass is 19.1. The molecule has 1 aromatic carbocycles. The van der Waals surface area contributed by atoms with Gasteiger partial charge in [0.25, 0.3) is 0 Å². The van der Waals surface area contributed by atoms with E-state index in [4.69, 9.17) is 9.84 Å². The zero-order valence-electron chi connectivity index (χ0n) is 11.6. The zero-order chi connectivity index (χ0) is 15.5. The number of benzene rings is 1. The van der Waals surface area contributed by atoms with Crippen molar-refractivity contribution in [2.24, 2.45) is 0 Å². The maximum Gasteiger partial charge on any atom is 0.337 e. The number of carbonyl (C=O) groups excluding carboxylic acids is 1. The third-order valence-electron chi connectivity index (χ3n) is 3.31. The first-order chi connectivity index (χ1) is 9.89. The molecule has 1 saturated heterocycles. The molecule has 21 heavy (non-hydrogen) atoms. The van der Waals surface area contributed by atoms with Crippen LogP contribution in [0.5, 0.6) is 0 Å². The summed E-state index contributed by atoms with van der Waals surface area (Å²) in [6.07, 6.45) is 1.61. The molecule has 1 unspecified atom stereocenters. The molecule has 1 atom stereocenters. The number of halogens is 1. The molecule has 0 bridgehead atoms. The summed E-state index contributed by atoms with van der Waals surface area (Å²) >= 11 is 0. The third kappa shape index (κ3) is 3.91. The number of urea groups is 1. The van der Waals surface area contributed by atoms with E-state index in [0.717, 1.165) is 25.0 Å². The van der Waals surface area contributed by atoms with Gasteiger partial charge in [0.15, 0.2) is 0 Å². The van der Waals surface area contributed by atoms with Gasteiger partial charge in [0.05, 0.1) is 23.4 Å². The number of rotatable bonds is 3. The van der Waals surface area contributed by atoms with E-state index in [2.05, 4.69) is 10.6 Å². The minimum absolute atomic E-state index is 0.0433. The Kier molecular flexibility index (Phi) is 4.42. The predicted octanol–water partition coefficient (Wildman–Crippen LogP) is 2.21. The van der Waals surface area contributed by atoms with Crippen LogP contribution in [0.25, 0.3) is 0 Å². The molecule has 0 aliphatic carbocycles. The quantitative estimate of drug-likeness (QED) is 0.798. The standard InChI is InChI=1S/C14H17FN2O4/c1-14(5-2-6-21-8-14)17-13(20)16-11-4-3-9(15)7-10(11)12(18)19/h3-4,7H,2,5-6,8H2,1H3,(H,18,19)(H2,16,17,20). The van der Waals surface area contributed by atoms with Crippen LogP contribution < -0.4 is 10.6 Å². The van der Waals surface area contributed by atoms with Crippen LogP contribution in [-0.2, 0) is 4.74 Å². The molecule has 1 aliphatic rings. The molecule has 1 heterocycles. The van der Waals surface area contributed by atoms with Crippen LogP contribution in [0, 0.1) is 5.82 Å². The number of carbonyl (C=O) groups is 2. The van der Waals surface area contributed by atoms with Gasteiger partial charge in [-0.05, 0) is 38.0 Å². The number of hydrogen-bond acceptors (Lipinski definition) is 3. The van der Waals surface area contributed by atoms with E-state index in [-0.39, 0.29) is 11.3 Å². The number of amides is 2. The lowest BCUT2D eigenvalue weighted by molar-refractivity contribution is 0.0342. The monoisotopic (exact) mass is 296 g/mol. The fourth-order valence-corrected chi connectivity index (χ4v) is 2.26. The Morgan fingerprint density at radius 2 is 2.19 bits per heavy atom. The van der Waals surface area contributed by atoms with E-state index < -0.39 is 23.4 Å². The summed E-state index contributed by atoms with van der Waals surface area (Å²) in [6, 6.07) is 2.63. The molecular weight excluding hydrogens is 279 g/mol. The molecule has 114 valence electrons. The summed E-state index contributed by atoms with van der Waals surface area (Å²) in [6.45, 7) is 2.92. The molecule has 0 saturated carbocycles. The van der Waals surface area contributed by atoms with Crippen LogP contribution in [-0.4, -0.2) is 35.9 Å². The number of carboxylic acid groups (broad SMARTS) is 1. The maximum atomic E-state index is 13.1. The first-order valence-electron chi connectivity index (χ1n) is 6.59. The van der Waals surface area contributed by atoms with Crippen molar-refractivity contribution in [2.75, 3.05) is 18.5 Å². The van der Waals surface area contributed by atoms with E-state index in [0.29, 0.717) is 13.2 Å². The fraction of sp³-hybridized carbons (Fsp3) is 0.429. The van der Waals surface area contributed by atoms with Crippen LogP contribution in [0.4, 0.5) is 14.9 Å². The van der Waals surface area contributed by atoms with Crippen molar-refractivity contribution >= 4 is 17.7 Å². The molecule has 2 rings (SSSR count). The van der Waals surface area contributed by atoms with Gasteiger partial charge in [0.1, 0.15) is 5.82 Å². The van der Waals surface area contributed by atoms with Gasteiger partial charge in [-0.2, -0.15) is 0 Å². The molecule has 1 aliphatic heterocycles. The Bertz CT molecular complexity index is 556. The highest BCUT2D eigenvalue weighted by molar-refractivity contribution is 6.00. The minimum atomic E-state index is -1.31. The van der Waals surface area contributed by atoms with Crippen LogP contribution in [0.15, 0.2) is 18.2 Å². The molecule has 1 fully saturated rings. The fourth-order valence-electron chi connectivity index (χ4n) is 2.26. The summed E-state index contributed by atoms with van der Waals surface area (Å²) < 4.78 is 18.4. The lowest BCUT2D eigenvalue weighted by Gasteiger charge is -2.34. The highest BCUT2D eigenvalue weighted by Gasteiger charge is 2.29. The summed E-state index contributed by atoms with van der Waals surface area (Å²) in [7, 11) is 0. The average molecular weight is 296 g/mol. The second-order valence-electron chi connectivity index (χ2n) is 5.29. The smallest absolute Gasteiger partial charge is 0.337 e. The Hall–Kier alpha value is -2.15. The van der Waals surface area contributed by atoms with Crippen molar-refractivity contribution < 1.29 is 23.8 Å². The van der Waals surface area contributed by atoms with E-state index in [1.165, 1.54) is 6.07 Å². The number of anilines is 1. The summed E-state index contributed by atoms with van der Waals surface area (Å²) in [5.41, 5.74) is -0.747. The average Bonchev–Trinajstić information content (AvgIpc) is 2.40. The molecule has 7 heteroatoms. The van der Waals surface area contributed by atoms with Crippen molar-refractivity contribution in [3.63, 3.8) is 0 Å². The van der Waals surface area contributed by atoms with Gasteiger partial charge in [-0.15, -0.1) is 0 Å². The highest BCUT2D eigenvalue weighted by Crippen LogP contribution is 2.20. The van der Waals surface area contributed by atoms with Crippen LogP contribution in [0.2, 0.25) is 0 Å². The molecule has 0 aromatic heterocycles. The van der Waals surface area contributed by atoms with Crippen molar-refractivity contribution in [2.45, 2.75) is 25.3 Å². The zero-order valence-corrected chi connectivity index (χ0v) is 11.6. The van der Waals surface area contributed by atoms with Crippen molar-refractivity contribution in [1.29, 1.82) is 0 Å². The van der Waals surface area contributed by atoms with Gasteiger partial charge in [-0.3, -0.25) is 0 Å². The number of ether oxygens (including phenoxy) is 1. The first kappa shape index (κ1) is 15.2. The molecular formula is C14H17FN2O4. The van der Waals surface area contributed by atoms with Crippen LogP contribution in [0.3, 0.4) is 0 Å². The molecule has 2 amide bonds. The minimum Gasteiger partial charge on any atom is -0.478 e. The van der Waals surface area contributed by atoms with Gasteiger partial charge in [0.2, 0.25) is 0 Å². The van der Waals surface area contributed by atoms with Gasteiger partial charge >= 0.3 is 12.0 Å². The second kappa shape index (κ2) is 6.09. The van der Waals surface area contributed by atoms with Crippen LogP contribution >= 0.6 is 0 Å². The Morgan fingerprint density at radius 3 is 2.81 bits per heavy atom. The lowest BCUT2D eigenvalue weighted by Crippen LogP contribution is -2.52. The topological polar surface area (TPSA) is 87.7 Å². The Labute approximate surface area is 121 Å². The number of hydrogen-bond donors (Lipinski definition) is 3. The lowest BCUT2D eigenvalue weighted by atomic mass is 9.95. The SMILES string of the molecule is CC1(NC(=O)Nc2ccc(F)cc2C(=O)O)CCCOC1. The molecule has 0 spiro atoms. The maximum absolute atomic E-state index is 13.1. The van der Waals surface area contributed by atoms with E-state index >= 15 is 0 Å². The summed E-state index contributed by atoms with van der Waals surface area (Å²) in [5, 5.41) is 14.2. The van der Waals surface area contributed by atoms with Crippen LogP contribution in [0.1, 0.15) is 30.1 Å². The third-order valence-corrected chi connectivity index (χ3v) is 3.31. The number of aromatic carboxylic acids is 1. The first-order valence-corrected chi connectivity index (χ1v) is 6.59. The van der Waals surface area contributed by atoms with Crippen molar-refractivity contribution in [1.82, 2.24) is 5.32 Å². The van der Waals surface area contributed by atoms with E-state index in [1.807, 2.05) is 6.92 Å². The number of nitrogens with one attached hydrogen (secondary N) is 2.